The minimum atomic E-state index is -0.434. The van der Waals surface area contributed by atoms with Gasteiger partial charge in [0.2, 0.25) is 5.91 Å². The topological polar surface area (TPSA) is 88.4 Å². The summed E-state index contributed by atoms with van der Waals surface area (Å²) in [6.07, 6.45) is 0.164. The van der Waals surface area contributed by atoms with Gasteiger partial charge >= 0.3 is 5.30 Å². The number of nitrogens with one attached hydrogen (secondary N) is 1. The van der Waals surface area contributed by atoms with Crippen molar-refractivity contribution in [3.05, 3.63) is 41.1 Å². The van der Waals surface area contributed by atoms with Crippen molar-refractivity contribution in [1.29, 1.82) is 5.26 Å². The van der Waals surface area contributed by atoms with Crippen molar-refractivity contribution >= 4 is 23.0 Å². The van der Waals surface area contributed by atoms with Gasteiger partial charge in [-0.2, -0.15) is 5.26 Å². The highest BCUT2D eigenvalue weighted by atomic mass is 32.2. The van der Waals surface area contributed by atoms with E-state index in [1.165, 1.54) is 0 Å². The maximum atomic E-state index is 12.1. The Morgan fingerprint density at radius 3 is 2.88 bits per heavy atom. The molecule has 0 fully saturated rings. The average molecular weight is 346 g/mol. The molecule has 1 aliphatic rings. The molecule has 6 nitrogen and oxygen atoms in total. The molecule has 2 rings (SSSR count). The number of benzene rings is 1. The standard InChI is InChI=1S/C17H18N2O4S/c1-3-23-17(21)24-10-14-13(9-18)12(8-16(20)19-14)11-6-4-5-7-15(11)22-2/h4-7,12H,3,8,10H2,1-2H3,(H,19,20). The lowest BCUT2D eigenvalue weighted by Gasteiger charge is -2.26. The lowest BCUT2D eigenvalue weighted by Crippen LogP contribution is -2.33. The van der Waals surface area contributed by atoms with Crippen LogP contribution in [-0.4, -0.2) is 30.7 Å². The number of carbonyl (C=O) groups excluding carboxylic acids is 2. The highest BCUT2D eigenvalue weighted by molar-refractivity contribution is 8.13. The fourth-order valence-corrected chi connectivity index (χ4v) is 3.25. The van der Waals surface area contributed by atoms with E-state index in [0.717, 1.165) is 17.3 Å². The fourth-order valence-electron chi connectivity index (χ4n) is 2.55. The van der Waals surface area contributed by atoms with Gasteiger partial charge in [0.1, 0.15) is 5.75 Å². The zero-order valence-corrected chi connectivity index (χ0v) is 14.3. The van der Waals surface area contributed by atoms with Gasteiger partial charge in [-0.05, 0) is 24.8 Å². The van der Waals surface area contributed by atoms with E-state index in [1.807, 2.05) is 18.2 Å². The van der Waals surface area contributed by atoms with Crippen molar-refractivity contribution in [3.63, 3.8) is 0 Å². The number of hydrogen-bond acceptors (Lipinski definition) is 6. The highest BCUT2D eigenvalue weighted by Gasteiger charge is 2.31. The molecule has 126 valence electrons. The van der Waals surface area contributed by atoms with Crippen molar-refractivity contribution in [2.45, 2.75) is 19.3 Å². The third kappa shape index (κ3) is 4.09. The molecular weight excluding hydrogens is 328 g/mol. The minimum absolute atomic E-state index is 0.164. The van der Waals surface area contributed by atoms with Gasteiger partial charge in [-0.25, -0.2) is 4.79 Å². The Morgan fingerprint density at radius 1 is 1.46 bits per heavy atom. The average Bonchev–Trinajstić information content (AvgIpc) is 2.59. The van der Waals surface area contributed by atoms with Gasteiger partial charge in [-0.1, -0.05) is 18.2 Å². The van der Waals surface area contributed by atoms with E-state index in [4.69, 9.17) is 9.47 Å². The van der Waals surface area contributed by atoms with E-state index in [1.54, 1.807) is 20.1 Å². The summed E-state index contributed by atoms with van der Waals surface area (Å²) >= 11 is 0.920. The van der Waals surface area contributed by atoms with Crippen LogP contribution in [0.15, 0.2) is 35.5 Å². The van der Waals surface area contributed by atoms with Crippen molar-refractivity contribution in [1.82, 2.24) is 5.32 Å². The molecule has 1 unspecified atom stereocenters. The SMILES string of the molecule is CCOC(=O)SCC1=C(C#N)C(c2ccccc2OC)CC(=O)N1. The number of ether oxygens (including phenoxy) is 2. The molecule has 1 atom stereocenters. The second-order valence-electron chi connectivity index (χ2n) is 5.02. The molecule has 1 amide bonds. The van der Waals surface area contributed by atoms with Gasteiger partial charge in [0.15, 0.2) is 0 Å². The Morgan fingerprint density at radius 2 is 2.21 bits per heavy atom. The van der Waals surface area contributed by atoms with Crippen LogP contribution >= 0.6 is 11.8 Å². The van der Waals surface area contributed by atoms with E-state index in [0.29, 0.717) is 17.0 Å². The van der Waals surface area contributed by atoms with E-state index in [9.17, 15) is 14.9 Å². The number of nitriles is 1. The summed E-state index contributed by atoms with van der Waals surface area (Å²) < 4.78 is 10.2. The fraction of sp³-hybridized carbons (Fsp3) is 0.353. The number of methoxy groups -OCH3 is 1. The van der Waals surface area contributed by atoms with Crippen molar-refractivity contribution < 1.29 is 19.1 Å². The summed E-state index contributed by atoms with van der Waals surface area (Å²) in [4.78, 5) is 23.6. The molecule has 7 heteroatoms. The third-order valence-electron chi connectivity index (χ3n) is 3.58. The molecule has 0 bridgehead atoms. The molecule has 1 aliphatic heterocycles. The molecule has 0 aliphatic carbocycles. The van der Waals surface area contributed by atoms with Gasteiger partial charge < -0.3 is 14.8 Å². The zero-order valence-electron chi connectivity index (χ0n) is 13.5. The first-order chi connectivity index (χ1) is 11.6. The summed E-state index contributed by atoms with van der Waals surface area (Å²) in [6, 6.07) is 9.48. The molecule has 0 spiro atoms. The molecule has 0 saturated heterocycles. The number of allylic oxidation sites excluding steroid dienone is 1. The number of carbonyl (C=O) groups is 2. The number of rotatable bonds is 5. The van der Waals surface area contributed by atoms with Crippen LogP contribution < -0.4 is 10.1 Å². The number of para-hydroxylation sites is 1. The van der Waals surface area contributed by atoms with Crippen molar-refractivity contribution in [3.8, 4) is 11.8 Å². The van der Waals surface area contributed by atoms with Gasteiger partial charge in [-0.15, -0.1) is 0 Å². The van der Waals surface area contributed by atoms with Crippen LogP contribution in [-0.2, 0) is 9.53 Å². The van der Waals surface area contributed by atoms with Crippen LogP contribution in [0.4, 0.5) is 4.79 Å². The highest BCUT2D eigenvalue weighted by Crippen LogP contribution is 2.37. The summed E-state index contributed by atoms with van der Waals surface area (Å²) in [6.45, 7) is 2.00. The van der Waals surface area contributed by atoms with E-state index in [-0.39, 0.29) is 24.7 Å². The molecule has 1 aromatic rings. The molecule has 0 aromatic heterocycles. The zero-order chi connectivity index (χ0) is 17.5. The normalized spacial score (nSPS) is 17.0. The smallest absolute Gasteiger partial charge is 0.367 e. The van der Waals surface area contributed by atoms with Crippen LogP contribution in [0.25, 0.3) is 0 Å². The summed E-state index contributed by atoms with van der Waals surface area (Å²) in [5.41, 5.74) is 1.67. The van der Waals surface area contributed by atoms with Gasteiger partial charge in [0, 0.05) is 29.4 Å². The van der Waals surface area contributed by atoms with Gasteiger partial charge in [0.25, 0.3) is 0 Å². The van der Waals surface area contributed by atoms with E-state index >= 15 is 0 Å². The molecule has 1 aromatic carbocycles. The molecular formula is C17H18N2O4S. The number of thioether (sulfide) groups is 1. The molecule has 1 N–H and O–H groups in total. The first kappa shape index (κ1) is 17.9. The van der Waals surface area contributed by atoms with Crippen LogP contribution in [0, 0.1) is 11.3 Å². The Balaban J connectivity index is 2.33. The minimum Gasteiger partial charge on any atom is -0.496 e. The second-order valence-corrected chi connectivity index (χ2v) is 5.93. The third-order valence-corrected chi connectivity index (χ3v) is 4.37. The lowest BCUT2D eigenvalue weighted by atomic mass is 9.85. The quantitative estimate of drug-likeness (QED) is 0.825. The lowest BCUT2D eigenvalue weighted by molar-refractivity contribution is -0.121. The van der Waals surface area contributed by atoms with Crippen molar-refractivity contribution in [2.24, 2.45) is 0 Å². The Bertz CT molecular complexity index is 709. The first-order valence-corrected chi connectivity index (χ1v) is 8.44. The predicted octanol–water partition coefficient (Wildman–Crippen LogP) is 2.97. The number of nitrogens with zero attached hydrogens (tertiary/aromatic N) is 1. The van der Waals surface area contributed by atoms with Crippen LogP contribution in [0.5, 0.6) is 5.75 Å². The Kier molecular flexibility index (Phi) is 6.27. The molecule has 1 heterocycles. The second kappa shape index (κ2) is 8.41. The number of amides is 1. The Hall–Kier alpha value is -2.46. The predicted molar refractivity (Wildman–Crippen MR) is 90.6 cm³/mol. The summed E-state index contributed by atoms with van der Waals surface area (Å²) in [7, 11) is 1.55. The summed E-state index contributed by atoms with van der Waals surface area (Å²) in [5.74, 6) is 0.225. The van der Waals surface area contributed by atoms with Gasteiger partial charge in [-0.3, -0.25) is 4.79 Å². The number of hydrogen-bond donors (Lipinski definition) is 1. The van der Waals surface area contributed by atoms with Crippen molar-refractivity contribution in [2.75, 3.05) is 19.5 Å². The van der Waals surface area contributed by atoms with Crippen LogP contribution in [0.1, 0.15) is 24.8 Å². The van der Waals surface area contributed by atoms with E-state index < -0.39 is 11.2 Å². The largest absolute Gasteiger partial charge is 0.496 e. The van der Waals surface area contributed by atoms with E-state index in [2.05, 4.69) is 11.4 Å². The van der Waals surface area contributed by atoms with Crippen LogP contribution in [0.3, 0.4) is 0 Å². The molecule has 0 saturated carbocycles. The first-order valence-electron chi connectivity index (χ1n) is 7.46. The Labute approximate surface area is 144 Å². The van der Waals surface area contributed by atoms with Crippen LogP contribution in [0.2, 0.25) is 0 Å². The maximum absolute atomic E-state index is 12.1. The van der Waals surface area contributed by atoms with Gasteiger partial charge in [0.05, 0.1) is 25.4 Å². The molecule has 0 radical (unpaired) electrons. The summed E-state index contributed by atoms with van der Waals surface area (Å²) in [5, 5.41) is 11.9. The maximum Gasteiger partial charge on any atom is 0.367 e. The molecule has 24 heavy (non-hydrogen) atoms. The monoisotopic (exact) mass is 346 g/mol.